The van der Waals surface area contributed by atoms with E-state index in [4.69, 9.17) is 35.4 Å². The highest BCUT2D eigenvalue weighted by atomic mass is 35.5. The third-order valence-corrected chi connectivity index (χ3v) is 6.51. The minimum Gasteiger partial charge on any atom is -0.367 e. The van der Waals surface area contributed by atoms with Crippen molar-refractivity contribution in [1.29, 1.82) is 0 Å². The number of thiocarbonyl (C=S) groups is 1. The highest BCUT2D eigenvalue weighted by molar-refractivity contribution is 7.80. The van der Waals surface area contributed by atoms with Crippen LogP contribution >= 0.6 is 35.4 Å². The van der Waals surface area contributed by atoms with Crippen molar-refractivity contribution in [3.05, 3.63) is 87.2 Å². The van der Waals surface area contributed by atoms with Crippen LogP contribution in [0.4, 0.5) is 39.0 Å². The quantitative estimate of drug-likeness (QED) is 0.169. The average molecular weight is 575 g/mol. The number of carbonyl (C=O) groups excluding carboxylic acids is 1. The van der Waals surface area contributed by atoms with Gasteiger partial charge in [0.2, 0.25) is 5.82 Å². The van der Waals surface area contributed by atoms with E-state index in [2.05, 4.69) is 10.6 Å². The second kappa shape index (κ2) is 11.1. The highest BCUT2D eigenvalue weighted by Crippen LogP contribution is 2.33. The van der Waals surface area contributed by atoms with Gasteiger partial charge in [-0.25, -0.2) is 22.0 Å². The lowest BCUT2D eigenvalue weighted by atomic mass is 10.2. The number of anilines is 3. The Kier molecular flexibility index (Phi) is 8.05. The largest absolute Gasteiger partial charge is 0.367 e. The van der Waals surface area contributed by atoms with E-state index in [0.29, 0.717) is 16.4 Å². The maximum absolute atomic E-state index is 14.2. The van der Waals surface area contributed by atoms with E-state index in [1.165, 1.54) is 0 Å². The standard InChI is InChI=1S/C24H17Cl2F5N4OS/c25-14-4-2-1-3-13(14)23(36)33-24(37)32-12-5-6-16(15(26)11-12)34-7-9-35(10-8-34)22-20(30)18(28)17(27)19(29)21(22)31/h1-6,11H,7-10H2,(H2,32,33,36,37). The van der Waals surface area contributed by atoms with Crippen LogP contribution in [0.15, 0.2) is 42.5 Å². The van der Waals surface area contributed by atoms with E-state index in [-0.39, 0.29) is 41.9 Å². The number of piperazine rings is 1. The Balaban J connectivity index is 1.40. The summed E-state index contributed by atoms with van der Waals surface area (Å²) in [6.07, 6.45) is 0. The van der Waals surface area contributed by atoms with Gasteiger partial charge in [-0.15, -0.1) is 0 Å². The number of nitrogens with one attached hydrogen (secondary N) is 2. The molecule has 0 unspecified atom stereocenters. The van der Waals surface area contributed by atoms with E-state index in [1.54, 1.807) is 42.5 Å². The first-order valence-electron chi connectivity index (χ1n) is 10.8. The van der Waals surface area contributed by atoms with Gasteiger partial charge < -0.3 is 15.1 Å². The molecule has 0 bridgehead atoms. The lowest BCUT2D eigenvalue weighted by Gasteiger charge is -2.38. The molecule has 13 heteroatoms. The Bertz CT molecular complexity index is 1360. The van der Waals surface area contributed by atoms with E-state index in [0.717, 1.165) is 4.90 Å². The van der Waals surface area contributed by atoms with Crippen LogP contribution in [0.1, 0.15) is 10.4 Å². The molecule has 3 aromatic carbocycles. The molecule has 0 saturated carbocycles. The summed E-state index contributed by atoms with van der Waals surface area (Å²) in [6, 6.07) is 11.4. The minimum atomic E-state index is -2.19. The van der Waals surface area contributed by atoms with Gasteiger partial charge in [0, 0.05) is 31.9 Å². The number of nitrogens with zero attached hydrogens (tertiary/aromatic N) is 2. The third-order valence-electron chi connectivity index (χ3n) is 5.67. The molecule has 0 radical (unpaired) electrons. The minimum absolute atomic E-state index is 0.00710. The fourth-order valence-electron chi connectivity index (χ4n) is 3.86. The van der Waals surface area contributed by atoms with Crippen molar-refractivity contribution in [3.8, 4) is 0 Å². The number of hydrogen-bond acceptors (Lipinski definition) is 4. The van der Waals surface area contributed by atoms with Crippen LogP contribution in [0.5, 0.6) is 0 Å². The number of hydrogen-bond donors (Lipinski definition) is 2. The SMILES string of the molecule is O=C(NC(=S)Nc1ccc(N2CCN(c3c(F)c(F)c(F)c(F)c3F)CC2)c(Cl)c1)c1ccccc1Cl. The summed E-state index contributed by atoms with van der Waals surface area (Å²) in [5.41, 5.74) is 0.384. The van der Waals surface area contributed by atoms with Crippen LogP contribution in [0, 0.1) is 29.1 Å². The summed E-state index contributed by atoms with van der Waals surface area (Å²) in [5, 5.41) is 5.98. The first-order valence-corrected chi connectivity index (χ1v) is 11.9. The Morgan fingerprint density at radius 2 is 1.35 bits per heavy atom. The van der Waals surface area contributed by atoms with Crippen molar-refractivity contribution >= 4 is 63.5 Å². The lowest BCUT2D eigenvalue weighted by Crippen LogP contribution is -2.47. The number of halogens is 7. The zero-order valence-electron chi connectivity index (χ0n) is 18.7. The molecule has 1 saturated heterocycles. The first kappa shape index (κ1) is 26.9. The van der Waals surface area contributed by atoms with E-state index >= 15 is 0 Å². The Hall–Kier alpha value is -3.15. The molecule has 0 spiro atoms. The normalized spacial score (nSPS) is 13.5. The van der Waals surface area contributed by atoms with Gasteiger partial charge in [-0.1, -0.05) is 35.3 Å². The smallest absolute Gasteiger partial charge is 0.258 e. The van der Waals surface area contributed by atoms with Crippen LogP contribution in [-0.4, -0.2) is 37.2 Å². The zero-order chi connectivity index (χ0) is 26.9. The fraction of sp³-hybridized carbons (Fsp3) is 0.167. The summed E-state index contributed by atoms with van der Waals surface area (Å²) in [7, 11) is 0. The van der Waals surface area contributed by atoms with E-state index < -0.39 is 40.7 Å². The molecule has 4 rings (SSSR count). The van der Waals surface area contributed by atoms with Crippen molar-refractivity contribution in [2.45, 2.75) is 0 Å². The summed E-state index contributed by atoms with van der Waals surface area (Å²) < 4.78 is 68.9. The van der Waals surface area contributed by atoms with Crippen LogP contribution in [0.2, 0.25) is 10.0 Å². The van der Waals surface area contributed by atoms with Crippen molar-refractivity contribution in [1.82, 2.24) is 5.32 Å². The molecule has 3 aromatic rings. The summed E-state index contributed by atoms with van der Waals surface area (Å²) >= 11 is 17.6. The van der Waals surface area contributed by atoms with Crippen molar-refractivity contribution in [2.75, 3.05) is 41.3 Å². The summed E-state index contributed by atoms with van der Waals surface area (Å²) in [5.74, 6) is -10.4. The first-order chi connectivity index (χ1) is 17.6. The van der Waals surface area contributed by atoms with Crippen molar-refractivity contribution in [2.24, 2.45) is 0 Å². The van der Waals surface area contributed by atoms with E-state index in [1.807, 2.05) is 4.90 Å². The Labute approximate surface area is 223 Å². The summed E-state index contributed by atoms with van der Waals surface area (Å²) in [6.45, 7) is 0.399. The number of carbonyl (C=O) groups is 1. The molecular formula is C24H17Cl2F5N4OS. The second-order valence-electron chi connectivity index (χ2n) is 7.95. The second-order valence-corrected chi connectivity index (χ2v) is 9.17. The van der Waals surface area contributed by atoms with Crippen molar-refractivity contribution < 1.29 is 26.7 Å². The predicted molar refractivity (Wildman–Crippen MR) is 137 cm³/mol. The zero-order valence-corrected chi connectivity index (χ0v) is 21.1. The number of rotatable bonds is 4. The molecule has 1 amide bonds. The van der Waals surface area contributed by atoms with Gasteiger partial charge in [0.25, 0.3) is 5.91 Å². The van der Waals surface area contributed by atoms with Crippen molar-refractivity contribution in [3.63, 3.8) is 0 Å². The lowest BCUT2D eigenvalue weighted by molar-refractivity contribution is 0.0978. The molecule has 37 heavy (non-hydrogen) atoms. The molecule has 0 aliphatic carbocycles. The van der Waals surface area contributed by atoms with Gasteiger partial charge in [0.05, 0.1) is 21.3 Å². The van der Waals surface area contributed by atoms with Crippen LogP contribution in [0.25, 0.3) is 0 Å². The maximum Gasteiger partial charge on any atom is 0.258 e. The summed E-state index contributed by atoms with van der Waals surface area (Å²) in [4.78, 5) is 15.3. The predicted octanol–water partition coefficient (Wildman–Crippen LogP) is 6.14. The molecule has 0 aromatic heterocycles. The number of benzene rings is 3. The highest BCUT2D eigenvalue weighted by Gasteiger charge is 2.31. The third kappa shape index (κ3) is 5.58. The molecular weight excluding hydrogens is 558 g/mol. The van der Waals surface area contributed by atoms with Gasteiger partial charge >= 0.3 is 0 Å². The topological polar surface area (TPSA) is 47.6 Å². The maximum atomic E-state index is 14.2. The van der Waals surface area contributed by atoms with Gasteiger partial charge in [-0.3, -0.25) is 10.1 Å². The van der Waals surface area contributed by atoms with Crippen LogP contribution < -0.4 is 20.4 Å². The molecule has 0 atom stereocenters. The van der Waals surface area contributed by atoms with Gasteiger partial charge in [0.1, 0.15) is 5.69 Å². The number of amides is 1. The molecule has 194 valence electrons. The Morgan fingerprint density at radius 1 is 0.784 bits per heavy atom. The fourth-order valence-corrected chi connectivity index (χ4v) is 4.59. The molecule has 1 heterocycles. The monoisotopic (exact) mass is 574 g/mol. The molecule has 1 fully saturated rings. The molecule has 1 aliphatic heterocycles. The Morgan fingerprint density at radius 3 is 1.95 bits per heavy atom. The van der Waals surface area contributed by atoms with Gasteiger partial charge in [0.15, 0.2) is 28.4 Å². The molecule has 5 nitrogen and oxygen atoms in total. The van der Waals surface area contributed by atoms with E-state index in [9.17, 15) is 26.7 Å². The van der Waals surface area contributed by atoms with Crippen LogP contribution in [-0.2, 0) is 0 Å². The molecule has 2 N–H and O–H groups in total. The van der Waals surface area contributed by atoms with Crippen LogP contribution in [0.3, 0.4) is 0 Å². The van der Waals surface area contributed by atoms with Gasteiger partial charge in [-0.2, -0.15) is 0 Å². The molecule has 1 aliphatic rings. The van der Waals surface area contributed by atoms with Gasteiger partial charge in [-0.05, 0) is 42.5 Å². The average Bonchev–Trinajstić information content (AvgIpc) is 2.87.